The van der Waals surface area contributed by atoms with Gasteiger partial charge < -0.3 is 10.6 Å². The van der Waals surface area contributed by atoms with Gasteiger partial charge in [0.2, 0.25) is 5.91 Å². The van der Waals surface area contributed by atoms with Crippen molar-refractivity contribution in [3.8, 4) is 0 Å². The molecule has 0 saturated carbocycles. The molecule has 0 radical (unpaired) electrons. The van der Waals surface area contributed by atoms with Crippen molar-refractivity contribution in [3.63, 3.8) is 0 Å². The van der Waals surface area contributed by atoms with E-state index >= 15 is 0 Å². The summed E-state index contributed by atoms with van der Waals surface area (Å²) >= 11 is 0. The van der Waals surface area contributed by atoms with Gasteiger partial charge in [0.1, 0.15) is 11.6 Å². The molecule has 3 nitrogen and oxygen atoms in total. The largest absolute Gasteiger partial charge is 0.381 e. The fourth-order valence-corrected chi connectivity index (χ4v) is 1.82. The molecule has 7 heteroatoms. The van der Waals surface area contributed by atoms with Crippen LogP contribution < -0.4 is 10.6 Å². The normalized spacial score (nSPS) is 10.4. The molecule has 2 N–H and O–H groups in total. The Morgan fingerprint density at radius 2 is 1.64 bits per heavy atom. The highest BCUT2D eigenvalue weighted by Crippen LogP contribution is 2.21. The summed E-state index contributed by atoms with van der Waals surface area (Å²) in [6.45, 7) is 1.10. The van der Waals surface area contributed by atoms with Crippen molar-refractivity contribution in [1.29, 1.82) is 0 Å². The molecule has 0 fully saturated rings. The highest BCUT2D eigenvalue weighted by Gasteiger charge is 2.10. The maximum absolute atomic E-state index is 13.5. The average molecular weight is 312 g/mol. The van der Waals surface area contributed by atoms with E-state index in [0.29, 0.717) is 11.8 Å². The van der Waals surface area contributed by atoms with Crippen molar-refractivity contribution in [2.45, 2.75) is 13.5 Å². The van der Waals surface area contributed by atoms with Crippen LogP contribution in [-0.4, -0.2) is 5.91 Å². The van der Waals surface area contributed by atoms with E-state index in [1.165, 1.54) is 19.1 Å². The standard InChI is InChI=1S/C15H12F4N2O/c1-8(22)21-15-5-10(2-3-11(15)16)20-7-9-4-13(18)14(19)6-12(9)17/h2-6,20H,7H2,1H3,(H,21,22). The first-order valence-electron chi connectivity index (χ1n) is 6.31. The minimum absolute atomic E-state index is 0.0386. The highest BCUT2D eigenvalue weighted by atomic mass is 19.2. The second-order valence-electron chi connectivity index (χ2n) is 4.59. The average Bonchev–Trinajstić information content (AvgIpc) is 2.44. The zero-order valence-corrected chi connectivity index (χ0v) is 11.5. The Bertz CT molecular complexity index is 719. The molecule has 2 aromatic rings. The van der Waals surface area contributed by atoms with Gasteiger partial charge in [0.15, 0.2) is 11.6 Å². The summed E-state index contributed by atoms with van der Waals surface area (Å²) in [5.74, 6) is -4.38. The van der Waals surface area contributed by atoms with E-state index in [4.69, 9.17) is 0 Å². The van der Waals surface area contributed by atoms with Gasteiger partial charge in [0.25, 0.3) is 0 Å². The minimum Gasteiger partial charge on any atom is -0.381 e. The van der Waals surface area contributed by atoms with Gasteiger partial charge in [-0.25, -0.2) is 17.6 Å². The van der Waals surface area contributed by atoms with Crippen LogP contribution in [0.25, 0.3) is 0 Å². The van der Waals surface area contributed by atoms with Gasteiger partial charge in [-0.15, -0.1) is 0 Å². The SMILES string of the molecule is CC(=O)Nc1cc(NCc2cc(F)c(F)cc2F)ccc1F. The van der Waals surface area contributed by atoms with E-state index in [9.17, 15) is 22.4 Å². The number of anilines is 2. The lowest BCUT2D eigenvalue weighted by molar-refractivity contribution is -0.114. The number of nitrogens with one attached hydrogen (secondary N) is 2. The van der Waals surface area contributed by atoms with E-state index in [2.05, 4.69) is 10.6 Å². The van der Waals surface area contributed by atoms with Crippen molar-refractivity contribution < 1.29 is 22.4 Å². The molecule has 0 aliphatic carbocycles. The molecule has 2 aromatic carbocycles. The molecule has 2 rings (SSSR count). The quantitative estimate of drug-likeness (QED) is 0.666. The molecule has 22 heavy (non-hydrogen) atoms. The Hall–Kier alpha value is -2.57. The Kier molecular flexibility index (Phi) is 4.65. The number of benzene rings is 2. The van der Waals surface area contributed by atoms with Crippen molar-refractivity contribution in [2.75, 3.05) is 10.6 Å². The minimum atomic E-state index is -1.27. The van der Waals surface area contributed by atoms with Crippen molar-refractivity contribution in [3.05, 3.63) is 59.2 Å². The van der Waals surface area contributed by atoms with Crippen LogP contribution in [0.1, 0.15) is 12.5 Å². The van der Waals surface area contributed by atoms with Gasteiger partial charge in [0, 0.05) is 30.8 Å². The maximum Gasteiger partial charge on any atom is 0.221 e. The van der Waals surface area contributed by atoms with Crippen LogP contribution in [0.15, 0.2) is 30.3 Å². The summed E-state index contributed by atoms with van der Waals surface area (Å²) in [6, 6.07) is 5.01. The van der Waals surface area contributed by atoms with Crippen LogP contribution >= 0.6 is 0 Å². The van der Waals surface area contributed by atoms with Gasteiger partial charge in [-0.1, -0.05) is 0 Å². The van der Waals surface area contributed by atoms with E-state index in [1.54, 1.807) is 0 Å². The summed E-state index contributed by atoms with van der Waals surface area (Å²) in [5.41, 5.74) is 0.266. The number of rotatable bonds is 4. The van der Waals surface area contributed by atoms with Crippen molar-refractivity contribution in [1.82, 2.24) is 0 Å². The number of carbonyl (C=O) groups excluding carboxylic acids is 1. The first kappa shape index (κ1) is 15.8. The second-order valence-corrected chi connectivity index (χ2v) is 4.59. The lowest BCUT2D eigenvalue weighted by Crippen LogP contribution is -2.09. The molecule has 116 valence electrons. The van der Waals surface area contributed by atoms with E-state index in [0.717, 1.165) is 12.1 Å². The Labute approximate surface area is 124 Å². The topological polar surface area (TPSA) is 41.1 Å². The predicted molar refractivity (Wildman–Crippen MR) is 74.3 cm³/mol. The fraction of sp³-hybridized carbons (Fsp3) is 0.133. The molecular weight excluding hydrogens is 300 g/mol. The number of amides is 1. The predicted octanol–water partition coefficient (Wildman–Crippen LogP) is 3.81. The molecule has 0 aliphatic rings. The van der Waals surface area contributed by atoms with Crippen LogP contribution in [0, 0.1) is 23.3 Å². The molecular formula is C15H12F4N2O. The van der Waals surface area contributed by atoms with E-state index in [-0.39, 0.29) is 17.8 Å². The molecule has 0 unspecified atom stereocenters. The van der Waals surface area contributed by atoms with Gasteiger partial charge in [-0.3, -0.25) is 4.79 Å². The first-order valence-corrected chi connectivity index (χ1v) is 6.31. The smallest absolute Gasteiger partial charge is 0.221 e. The molecule has 0 saturated heterocycles. The van der Waals surface area contributed by atoms with Gasteiger partial charge in [-0.2, -0.15) is 0 Å². The third-order valence-corrected chi connectivity index (χ3v) is 2.85. The zero-order chi connectivity index (χ0) is 16.3. The summed E-state index contributed by atoms with van der Waals surface area (Å²) < 4.78 is 52.8. The fourth-order valence-electron chi connectivity index (χ4n) is 1.82. The number of hydrogen-bond acceptors (Lipinski definition) is 2. The van der Waals surface area contributed by atoms with Gasteiger partial charge in [-0.05, 0) is 24.3 Å². The zero-order valence-electron chi connectivity index (χ0n) is 11.5. The Balaban J connectivity index is 2.15. The van der Waals surface area contributed by atoms with Gasteiger partial charge >= 0.3 is 0 Å². The van der Waals surface area contributed by atoms with Crippen LogP contribution in [0.2, 0.25) is 0 Å². The summed E-state index contributed by atoms with van der Waals surface area (Å²) in [6.07, 6.45) is 0. The highest BCUT2D eigenvalue weighted by molar-refractivity contribution is 5.89. The molecule has 0 aromatic heterocycles. The molecule has 1 amide bonds. The Morgan fingerprint density at radius 1 is 0.955 bits per heavy atom. The van der Waals surface area contributed by atoms with Crippen LogP contribution in [0.5, 0.6) is 0 Å². The van der Waals surface area contributed by atoms with Crippen molar-refractivity contribution >= 4 is 17.3 Å². The maximum atomic E-state index is 13.5. The van der Waals surface area contributed by atoms with Crippen LogP contribution in [-0.2, 0) is 11.3 Å². The third kappa shape index (κ3) is 3.75. The van der Waals surface area contributed by atoms with E-state index in [1.807, 2.05) is 0 Å². The molecule has 0 aliphatic heterocycles. The summed E-state index contributed by atoms with van der Waals surface area (Å²) in [7, 11) is 0. The van der Waals surface area contributed by atoms with Crippen molar-refractivity contribution in [2.24, 2.45) is 0 Å². The van der Waals surface area contributed by atoms with Crippen LogP contribution in [0.4, 0.5) is 28.9 Å². The lowest BCUT2D eigenvalue weighted by atomic mass is 10.2. The summed E-state index contributed by atoms with van der Waals surface area (Å²) in [5, 5.41) is 5.04. The number of halogens is 4. The molecule has 0 atom stereocenters. The van der Waals surface area contributed by atoms with Crippen LogP contribution in [0.3, 0.4) is 0 Å². The molecule has 0 heterocycles. The lowest BCUT2D eigenvalue weighted by Gasteiger charge is -2.10. The number of carbonyl (C=O) groups is 1. The first-order chi connectivity index (χ1) is 10.4. The molecule has 0 bridgehead atoms. The monoisotopic (exact) mass is 312 g/mol. The van der Waals surface area contributed by atoms with Gasteiger partial charge in [0.05, 0.1) is 5.69 Å². The molecule has 0 spiro atoms. The summed E-state index contributed by atoms with van der Waals surface area (Å²) in [4.78, 5) is 10.9. The third-order valence-electron chi connectivity index (χ3n) is 2.85. The Morgan fingerprint density at radius 3 is 2.32 bits per heavy atom. The second kappa shape index (κ2) is 6.46. The van der Waals surface area contributed by atoms with E-state index < -0.39 is 29.2 Å². The number of hydrogen-bond donors (Lipinski definition) is 2.